The highest BCUT2D eigenvalue weighted by atomic mass is 32.2. The largest absolute Gasteiger partial charge is 0.409 e. The van der Waals surface area contributed by atoms with Gasteiger partial charge in [0.05, 0.1) is 0 Å². The number of thioether (sulfide) groups is 1. The van der Waals surface area contributed by atoms with Gasteiger partial charge >= 0.3 is 0 Å². The molecule has 0 aliphatic rings. The molecule has 0 fully saturated rings. The van der Waals surface area contributed by atoms with Crippen molar-refractivity contribution < 1.29 is 5.21 Å². The molecule has 3 N–H and O–H groups in total. The Hall–Kier alpha value is -1.68. The van der Waals surface area contributed by atoms with E-state index in [0.717, 1.165) is 16.3 Å². The van der Waals surface area contributed by atoms with Crippen LogP contribution >= 0.6 is 11.8 Å². The minimum Gasteiger partial charge on any atom is -0.409 e. The number of rotatable bonds is 2. The molecule has 0 aliphatic heterocycles. The van der Waals surface area contributed by atoms with E-state index in [2.05, 4.69) is 5.16 Å². The molecular formula is C12H12N2OS. The van der Waals surface area contributed by atoms with Gasteiger partial charge in [0.15, 0.2) is 5.84 Å². The Kier molecular flexibility index (Phi) is 3.01. The van der Waals surface area contributed by atoms with Crippen molar-refractivity contribution in [2.24, 2.45) is 10.9 Å². The maximum atomic E-state index is 8.73. The topological polar surface area (TPSA) is 58.6 Å². The first kappa shape index (κ1) is 10.8. The van der Waals surface area contributed by atoms with E-state index in [4.69, 9.17) is 10.9 Å². The summed E-state index contributed by atoms with van der Waals surface area (Å²) in [6, 6.07) is 11.8. The fourth-order valence-electron chi connectivity index (χ4n) is 1.73. The van der Waals surface area contributed by atoms with Gasteiger partial charge in [0.1, 0.15) is 0 Å². The van der Waals surface area contributed by atoms with Gasteiger partial charge < -0.3 is 10.9 Å². The van der Waals surface area contributed by atoms with Gasteiger partial charge in [-0.05, 0) is 29.2 Å². The summed E-state index contributed by atoms with van der Waals surface area (Å²) in [6.45, 7) is 0. The summed E-state index contributed by atoms with van der Waals surface area (Å²) in [5.41, 5.74) is 6.41. The van der Waals surface area contributed by atoms with Gasteiger partial charge in [-0.1, -0.05) is 29.4 Å². The maximum Gasteiger partial charge on any atom is 0.170 e. The van der Waals surface area contributed by atoms with Crippen molar-refractivity contribution in [1.29, 1.82) is 0 Å². The van der Waals surface area contributed by atoms with Crippen LogP contribution in [-0.2, 0) is 0 Å². The second kappa shape index (κ2) is 4.45. The Balaban J connectivity index is 2.79. The lowest BCUT2D eigenvalue weighted by Gasteiger charge is -2.08. The number of nitrogens with two attached hydrogens (primary N) is 1. The Labute approximate surface area is 97.9 Å². The van der Waals surface area contributed by atoms with E-state index >= 15 is 0 Å². The summed E-state index contributed by atoms with van der Waals surface area (Å²) < 4.78 is 0. The molecule has 0 aliphatic carbocycles. The lowest BCUT2D eigenvalue weighted by atomic mass is 10.0. The number of hydrogen-bond donors (Lipinski definition) is 2. The summed E-state index contributed by atoms with van der Waals surface area (Å²) in [4.78, 5) is 1.19. The minimum absolute atomic E-state index is 0.142. The van der Waals surface area contributed by atoms with Gasteiger partial charge in [0, 0.05) is 10.5 Å². The van der Waals surface area contributed by atoms with Crippen molar-refractivity contribution >= 4 is 28.4 Å². The first-order chi connectivity index (χ1) is 7.77. The summed E-state index contributed by atoms with van der Waals surface area (Å²) >= 11 is 1.68. The normalized spacial score (nSPS) is 11.9. The number of benzene rings is 2. The van der Waals surface area contributed by atoms with Gasteiger partial charge in [-0.25, -0.2) is 0 Å². The summed E-state index contributed by atoms with van der Waals surface area (Å²) in [7, 11) is 0. The average molecular weight is 232 g/mol. The van der Waals surface area contributed by atoms with Crippen LogP contribution in [0.5, 0.6) is 0 Å². The molecule has 0 aromatic heterocycles. The molecule has 2 aromatic rings. The first-order valence-electron chi connectivity index (χ1n) is 4.81. The van der Waals surface area contributed by atoms with Crippen LogP contribution in [0, 0.1) is 0 Å². The lowest BCUT2D eigenvalue weighted by Crippen LogP contribution is -2.13. The van der Waals surface area contributed by atoms with E-state index in [0.29, 0.717) is 0 Å². The van der Waals surface area contributed by atoms with Crippen LogP contribution in [0.3, 0.4) is 0 Å². The molecule has 0 unspecified atom stereocenters. The fraction of sp³-hybridized carbons (Fsp3) is 0.0833. The third-order valence-electron chi connectivity index (χ3n) is 2.49. The molecule has 0 atom stereocenters. The van der Waals surface area contributed by atoms with Gasteiger partial charge in [-0.2, -0.15) is 0 Å². The number of nitrogens with zero attached hydrogens (tertiary/aromatic N) is 1. The standard InChI is InChI=1S/C12H12N2OS/c1-16-11-7-6-10(12(13)14-15)8-4-2-3-5-9(8)11/h2-7,15H,1H3,(H2,13,14). The summed E-state index contributed by atoms with van der Waals surface area (Å²) in [5.74, 6) is 0.142. The Bertz CT molecular complexity index is 552. The molecule has 0 spiro atoms. The maximum absolute atomic E-state index is 8.73. The molecule has 0 saturated carbocycles. The number of hydrogen-bond acceptors (Lipinski definition) is 3. The molecule has 0 bridgehead atoms. The third kappa shape index (κ3) is 1.72. The molecule has 2 aromatic carbocycles. The average Bonchev–Trinajstić information content (AvgIpc) is 2.36. The van der Waals surface area contributed by atoms with Crippen LogP contribution in [0.25, 0.3) is 10.8 Å². The molecule has 0 saturated heterocycles. The molecule has 0 amide bonds. The van der Waals surface area contributed by atoms with Crippen LogP contribution in [0.15, 0.2) is 46.4 Å². The molecule has 0 heterocycles. The lowest BCUT2D eigenvalue weighted by molar-refractivity contribution is 0.318. The number of amidine groups is 1. The zero-order chi connectivity index (χ0) is 11.5. The molecule has 82 valence electrons. The number of fused-ring (bicyclic) bond motifs is 1. The quantitative estimate of drug-likeness (QED) is 0.275. The van der Waals surface area contributed by atoms with Gasteiger partial charge in [0.2, 0.25) is 0 Å². The van der Waals surface area contributed by atoms with Gasteiger partial charge in [0.25, 0.3) is 0 Å². The molecule has 4 heteroatoms. The third-order valence-corrected chi connectivity index (χ3v) is 3.28. The van der Waals surface area contributed by atoms with Crippen LogP contribution in [0.1, 0.15) is 5.56 Å². The van der Waals surface area contributed by atoms with E-state index in [1.54, 1.807) is 11.8 Å². The van der Waals surface area contributed by atoms with Crippen LogP contribution in [0.2, 0.25) is 0 Å². The predicted octanol–water partition coefficient (Wildman–Crippen LogP) is 2.66. The SMILES string of the molecule is CSc1ccc(/C(N)=N/O)c2ccccc12. The van der Waals surface area contributed by atoms with Gasteiger partial charge in [-0.15, -0.1) is 11.8 Å². The van der Waals surface area contributed by atoms with E-state index in [9.17, 15) is 0 Å². The van der Waals surface area contributed by atoms with Crippen molar-refractivity contribution in [2.45, 2.75) is 4.90 Å². The zero-order valence-electron chi connectivity index (χ0n) is 8.84. The Morgan fingerprint density at radius 3 is 2.50 bits per heavy atom. The van der Waals surface area contributed by atoms with Crippen molar-refractivity contribution in [1.82, 2.24) is 0 Å². The second-order valence-electron chi connectivity index (χ2n) is 3.35. The van der Waals surface area contributed by atoms with Crippen molar-refractivity contribution in [3.63, 3.8) is 0 Å². The zero-order valence-corrected chi connectivity index (χ0v) is 9.66. The van der Waals surface area contributed by atoms with E-state index in [-0.39, 0.29) is 5.84 Å². The van der Waals surface area contributed by atoms with E-state index in [1.165, 1.54) is 4.90 Å². The van der Waals surface area contributed by atoms with Crippen molar-refractivity contribution in [3.05, 3.63) is 42.0 Å². The molecule has 2 rings (SSSR count). The minimum atomic E-state index is 0.142. The van der Waals surface area contributed by atoms with Crippen LogP contribution in [0.4, 0.5) is 0 Å². The Morgan fingerprint density at radius 2 is 1.88 bits per heavy atom. The highest BCUT2D eigenvalue weighted by molar-refractivity contribution is 7.98. The highest BCUT2D eigenvalue weighted by Crippen LogP contribution is 2.28. The van der Waals surface area contributed by atoms with Crippen LogP contribution < -0.4 is 5.73 Å². The first-order valence-corrected chi connectivity index (χ1v) is 6.04. The summed E-state index contributed by atoms with van der Waals surface area (Å²) in [5, 5.41) is 13.9. The van der Waals surface area contributed by atoms with Gasteiger partial charge in [-0.3, -0.25) is 0 Å². The summed E-state index contributed by atoms with van der Waals surface area (Å²) in [6.07, 6.45) is 2.03. The predicted molar refractivity (Wildman–Crippen MR) is 68.2 cm³/mol. The fourth-order valence-corrected chi connectivity index (χ4v) is 2.33. The molecular weight excluding hydrogens is 220 g/mol. The van der Waals surface area contributed by atoms with Crippen molar-refractivity contribution in [2.75, 3.05) is 6.26 Å². The molecule has 16 heavy (non-hydrogen) atoms. The monoisotopic (exact) mass is 232 g/mol. The Morgan fingerprint density at radius 1 is 1.19 bits per heavy atom. The van der Waals surface area contributed by atoms with Crippen LogP contribution in [-0.4, -0.2) is 17.3 Å². The molecule has 0 radical (unpaired) electrons. The molecule has 3 nitrogen and oxygen atoms in total. The van der Waals surface area contributed by atoms with Crippen molar-refractivity contribution in [3.8, 4) is 0 Å². The highest BCUT2D eigenvalue weighted by Gasteiger charge is 2.07. The second-order valence-corrected chi connectivity index (χ2v) is 4.19. The van der Waals surface area contributed by atoms with E-state index in [1.807, 2.05) is 42.7 Å². The smallest absolute Gasteiger partial charge is 0.170 e. The van der Waals surface area contributed by atoms with E-state index < -0.39 is 0 Å². The number of oxime groups is 1.